The van der Waals surface area contributed by atoms with Gasteiger partial charge in [0.1, 0.15) is 0 Å². The van der Waals surface area contributed by atoms with E-state index in [2.05, 4.69) is 31.4 Å². The summed E-state index contributed by atoms with van der Waals surface area (Å²) in [5.41, 5.74) is 3.54. The number of urea groups is 1. The summed E-state index contributed by atoms with van der Waals surface area (Å²) in [5, 5.41) is 11.4. The van der Waals surface area contributed by atoms with Crippen LogP contribution in [0.2, 0.25) is 5.02 Å². The molecular formula is C38H49ClN8O4. The summed E-state index contributed by atoms with van der Waals surface area (Å²) in [7, 11) is 0. The number of piperidine rings is 2. The molecule has 1 aliphatic carbocycles. The fraction of sp³-hybridized carbons (Fsp3) is 0.579. The number of halogens is 1. The average Bonchev–Trinajstić information content (AvgIpc) is 3.87. The highest BCUT2D eigenvalue weighted by Gasteiger charge is 2.37. The van der Waals surface area contributed by atoms with Crippen molar-refractivity contribution in [3.63, 3.8) is 0 Å². The molecule has 0 bridgehead atoms. The Labute approximate surface area is 304 Å². The van der Waals surface area contributed by atoms with Crippen molar-refractivity contribution >= 4 is 46.2 Å². The molecule has 4 amide bonds. The molecule has 13 heteroatoms. The van der Waals surface area contributed by atoms with Crippen LogP contribution in [0.3, 0.4) is 0 Å². The lowest BCUT2D eigenvalue weighted by Gasteiger charge is -2.43. The molecule has 0 spiro atoms. The van der Waals surface area contributed by atoms with Crippen molar-refractivity contribution in [2.24, 2.45) is 5.92 Å². The number of carbonyl (C=O) groups excluding carboxylic acids is 3. The lowest BCUT2D eigenvalue weighted by molar-refractivity contribution is -0.142. The number of fused-ring (bicyclic) bond motifs is 2. The van der Waals surface area contributed by atoms with Crippen LogP contribution in [0.15, 0.2) is 42.6 Å². The highest BCUT2D eigenvalue weighted by molar-refractivity contribution is 6.35. The normalized spacial score (nSPS) is 22.1. The van der Waals surface area contributed by atoms with E-state index in [0.717, 1.165) is 79.1 Å². The zero-order valence-electron chi connectivity index (χ0n) is 29.3. The Morgan fingerprint density at radius 1 is 0.882 bits per heavy atom. The van der Waals surface area contributed by atoms with Crippen LogP contribution in [0.1, 0.15) is 49.7 Å². The number of nitrogens with zero attached hydrogens (tertiary/aromatic N) is 6. The van der Waals surface area contributed by atoms with E-state index in [1.165, 1.54) is 19.4 Å². The van der Waals surface area contributed by atoms with E-state index in [-0.39, 0.29) is 24.4 Å². The van der Waals surface area contributed by atoms with Gasteiger partial charge in [0.15, 0.2) is 6.10 Å². The number of carbonyl (C=O) groups is 3. The van der Waals surface area contributed by atoms with Crippen LogP contribution in [-0.4, -0.2) is 136 Å². The lowest BCUT2D eigenvalue weighted by Crippen LogP contribution is -2.55. The second kappa shape index (κ2) is 15.0. The van der Waals surface area contributed by atoms with Gasteiger partial charge >= 0.3 is 12.1 Å². The van der Waals surface area contributed by atoms with E-state index in [0.29, 0.717) is 56.6 Å². The number of rotatable bonds is 8. The third-order valence-corrected chi connectivity index (χ3v) is 12.0. The first kappa shape index (κ1) is 34.2. The van der Waals surface area contributed by atoms with Gasteiger partial charge in [0, 0.05) is 95.0 Å². The van der Waals surface area contributed by atoms with E-state index >= 15 is 0 Å². The van der Waals surface area contributed by atoms with Crippen LogP contribution >= 0.6 is 11.6 Å². The van der Waals surface area contributed by atoms with Gasteiger partial charge in [-0.05, 0) is 80.2 Å². The number of anilines is 1. The summed E-state index contributed by atoms with van der Waals surface area (Å²) in [4.78, 5) is 51.7. The molecule has 5 aliphatic rings. The van der Waals surface area contributed by atoms with E-state index in [9.17, 15) is 14.4 Å². The number of aromatic nitrogens is 2. The summed E-state index contributed by atoms with van der Waals surface area (Å²) in [5.74, 6) is 0.763. The molecule has 0 radical (unpaired) electrons. The molecule has 0 unspecified atom stereocenters. The minimum atomic E-state index is -0.979. The standard InChI is InChI=1S/C38H49ClN8O4/c39-32-22-27(21-29-24-40-42-35(29)32)23-34(36(48)45-12-8-30(9-13-45)44-19-17-43(18-20-44)25-26-5-6-26)51-38(50)46-14-10-31(11-15-46)47-16-7-28-3-1-2-4-33(28)41-37(47)49/h1-4,21-22,24,26,30-31,34H,5-20,23,25H2,(H,40,42)(H,41,49)/t34-/m1/s1. The number of piperazine rings is 1. The number of hydrogen-bond donors (Lipinski definition) is 2. The van der Waals surface area contributed by atoms with E-state index < -0.39 is 12.2 Å². The summed E-state index contributed by atoms with van der Waals surface area (Å²) in [6.07, 6.45) is 7.15. The maximum Gasteiger partial charge on any atom is 0.410 e. The molecule has 8 rings (SSSR count). The summed E-state index contributed by atoms with van der Waals surface area (Å²) < 4.78 is 6.12. The van der Waals surface area contributed by atoms with Crippen molar-refractivity contribution in [1.82, 2.24) is 34.7 Å². The summed E-state index contributed by atoms with van der Waals surface area (Å²) >= 11 is 6.57. The average molecular weight is 717 g/mol. The van der Waals surface area contributed by atoms with Crippen molar-refractivity contribution in [1.29, 1.82) is 0 Å². The number of amides is 4. The molecular weight excluding hydrogens is 668 g/mol. The first-order chi connectivity index (χ1) is 24.9. The van der Waals surface area contributed by atoms with Gasteiger partial charge < -0.3 is 29.7 Å². The highest BCUT2D eigenvalue weighted by atomic mass is 35.5. The minimum Gasteiger partial charge on any atom is -0.436 e. The number of likely N-dealkylation sites (tertiary alicyclic amines) is 2. The molecule has 3 aromatic rings. The number of nitrogens with one attached hydrogen (secondary N) is 2. The van der Waals surface area contributed by atoms with Crippen molar-refractivity contribution in [2.75, 3.05) is 70.8 Å². The van der Waals surface area contributed by atoms with E-state index in [1.54, 1.807) is 11.1 Å². The van der Waals surface area contributed by atoms with Crippen LogP contribution < -0.4 is 5.32 Å². The number of aromatic amines is 1. The Kier molecular flexibility index (Phi) is 10.1. The maximum absolute atomic E-state index is 14.2. The van der Waals surface area contributed by atoms with Crippen molar-refractivity contribution in [2.45, 2.75) is 69.6 Å². The zero-order valence-corrected chi connectivity index (χ0v) is 30.0. The Balaban J connectivity index is 0.892. The predicted molar refractivity (Wildman–Crippen MR) is 196 cm³/mol. The van der Waals surface area contributed by atoms with Crippen LogP contribution in [0.25, 0.3) is 10.9 Å². The second-order valence-corrected chi connectivity index (χ2v) is 15.5. The largest absolute Gasteiger partial charge is 0.436 e. The smallest absolute Gasteiger partial charge is 0.410 e. The predicted octanol–water partition coefficient (Wildman–Crippen LogP) is 4.84. The van der Waals surface area contributed by atoms with Crippen molar-refractivity contribution < 1.29 is 19.1 Å². The van der Waals surface area contributed by atoms with E-state index in [4.69, 9.17) is 16.3 Å². The molecule has 1 aromatic heterocycles. The molecule has 1 saturated carbocycles. The van der Waals surface area contributed by atoms with Crippen LogP contribution in [0, 0.1) is 5.92 Å². The fourth-order valence-corrected chi connectivity index (χ4v) is 8.80. The van der Waals surface area contributed by atoms with Crippen LogP contribution in [0.4, 0.5) is 15.3 Å². The number of hydrogen-bond acceptors (Lipinski definition) is 7. The van der Waals surface area contributed by atoms with Crippen LogP contribution in [-0.2, 0) is 22.4 Å². The molecule has 51 heavy (non-hydrogen) atoms. The van der Waals surface area contributed by atoms with Gasteiger partial charge in [0.2, 0.25) is 0 Å². The first-order valence-electron chi connectivity index (χ1n) is 18.9. The molecule has 4 aliphatic heterocycles. The lowest BCUT2D eigenvalue weighted by atomic mass is 10.00. The number of H-pyrrole nitrogens is 1. The summed E-state index contributed by atoms with van der Waals surface area (Å²) in [6.45, 7) is 8.53. The van der Waals surface area contributed by atoms with Crippen molar-refractivity contribution in [3.05, 3.63) is 58.7 Å². The molecule has 2 N–H and O–H groups in total. The van der Waals surface area contributed by atoms with Crippen molar-refractivity contribution in [3.8, 4) is 0 Å². The molecule has 2 aromatic carbocycles. The maximum atomic E-state index is 14.2. The van der Waals surface area contributed by atoms with E-state index in [1.807, 2.05) is 40.1 Å². The minimum absolute atomic E-state index is 0.0205. The number of ether oxygens (including phenoxy) is 1. The highest BCUT2D eigenvalue weighted by Crippen LogP contribution is 2.31. The van der Waals surface area contributed by atoms with Gasteiger partial charge in [0.25, 0.3) is 5.91 Å². The molecule has 1 atom stereocenters. The van der Waals surface area contributed by atoms with Gasteiger partial charge in [-0.3, -0.25) is 14.8 Å². The molecule has 272 valence electrons. The molecule has 4 fully saturated rings. The van der Waals surface area contributed by atoms with Gasteiger partial charge in [-0.15, -0.1) is 0 Å². The van der Waals surface area contributed by atoms with Crippen LogP contribution in [0.5, 0.6) is 0 Å². The number of para-hydroxylation sites is 1. The Morgan fingerprint density at radius 2 is 1.61 bits per heavy atom. The fourth-order valence-electron chi connectivity index (χ4n) is 8.51. The number of benzene rings is 2. The second-order valence-electron chi connectivity index (χ2n) is 15.1. The Bertz CT molecular complexity index is 1720. The monoisotopic (exact) mass is 716 g/mol. The van der Waals surface area contributed by atoms with Gasteiger partial charge in [-0.1, -0.05) is 29.8 Å². The first-order valence-corrected chi connectivity index (χ1v) is 19.2. The van der Waals surface area contributed by atoms with Gasteiger partial charge in [-0.25, -0.2) is 9.59 Å². The van der Waals surface area contributed by atoms with Gasteiger partial charge in [0.05, 0.1) is 16.7 Å². The topological polar surface area (TPSA) is 117 Å². The third-order valence-electron chi connectivity index (χ3n) is 11.7. The Hall–Kier alpha value is -3.87. The zero-order chi connectivity index (χ0) is 34.9. The summed E-state index contributed by atoms with van der Waals surface area (Å²) in [6, 6.07) is 12.1. The Morgan fingerprint density at radius 3 is 2.37 bits per heavy atom. The SMILES string of the molecule is O=C(O[C@H](Cc1cc(Cl)c2[nH]ncc2c1)C(=O)N1CCC(N2CCN(CC3CC3)CC2)CC1)N1CCC(N2CCc3ccccc3NC2=O)CC1. The molecule has 3 saturated heterocycles. The third kappa shape index (κ3) is 7.83. The quantitative estimate of drug-likeness (QED) is 0.343. The molecule has 5 heterocycles. The molecule has 12 nitrogen and oxygen atoms in total. The van der Waals surface area contributed by atoms with Gasteiger partial charge in [-0.2, -0.15) is 5.10 Å².